The molecule has 7 heteroatoms. The van der Waals surface area contributed by atoms with Crippen LogP contribution in [-0.4, -0.2) is 19.4 Å². The van der Waals surface area contributed by atoms with Crippen LogP contribution < -0.4 is 15.2 Å². The zero-order chi connectivity index (χ0) is 14.8. The highest BCUT2D eigenvalue weighted by Crippen LogP contribution is 2.38. The summed E-state index contributed by atoms with van der Waals surface area (Å²) in [5.41, 5.74) is 6.24. The summed E-state index contributed by atoms with van der Waals surface area (Å²) in [6.07, 6.45) is -4.65. The van der Waals surface area contributed by atoms with Gasteiger partial charge in [-0.2, -0.15) is 13.2 Å². The Bertz CT molecular complexity index is 479. The maximum Gasteiger partial charge on any atom is 0.389 e. The quantitative estimate of drug-likeness (QED) is 0.922. The second-order valence-corrected chi connectivity index (χ2v) is 5.04. The Morgan fingerprint density at radius 1 is 1.20 bits per heavy atom. The lowest BCUT2D eigenvalue weighted by Gasteiger charge is -2.17. The van der Waals surface area contributed by atoms with E-state index in [1.807, 2.05) is 0 Å². The largest absolute Gasteiger partial charge is 0.490 e. The molecule has 0 radical (unpaired) electrons. The fourth-order valence-corrected chi connectivity index (χ4v) is 2.25. The molecule has 1 aromatic rings. The highest BCUT2D eigenvalue weighted by atomic mass is 35.5. The van der Waals surface area contributed by atoms with Gasteiger partial charge in [0.1, 0.15) is 0 Å². The highest BCUT2D eigenvalue weighted by Gasteiger charge is 2.28. The lowest BCUT2D eigenvalue weighted by atomic mass is 10.0. The summed E-state index contributed by atoms with van der Waals surface area (Å²) < 4.78 is 47.6. The topological polar surface area (TPSA) is 44.5 Å². The van der Waals surface area contributed by atoms with Crippen molar-refractivity contribution in [3.05, 3.63) is 22.7 Å². The van der Waals surface area contributed by atoms with Gasteiger partial charge in [0.25, 0.3) is 0 Å². The van der Waals surface area contributed by atoms with Crippen LogP contribution in [0.25, 0.3) is 0 Å². The van der Waals surface area contributed by atoms with Crippen molar-refractivity contribution in [2.75, 3.05) is 13.2 Å². The molecule has 1 unspecified atom stereocenters. The van der Waals surface area contributed by atoms with E-state index in [0.29, 0.717) is 35.3 Å². The molecule has 0 aromatic heterocycles. The molecular formula is C13H15ClF3NO2. The number of hydrogen-bond donors (Lipinski definition) is 1. The van der Waals surface area contributed by atoms with E-state index in [2.05, 4.69) is 0 Å². The average molecular weight is 310 g/mol. The number of rotatable bonds is 3. The molecule has 1 heterocycles. The first-order valence-corrected chi connectivity index (χ1v) is 6.66. The second kappa shape index (κ2) is 6.10. The van der Waals surface area contributed by atoms with Crippen LogP contribution in [0.4, 0.5) is 13.2 Å². The van der Waals surface area contributed by atoms with Gasteiger partial charge in [0.15, 0.2) is 11.5 Å². The van der Waals surface area contributed by atoms with Crippen molar-refractivity contribution in [2.45, 2.75) is 31.5 Å². The minimum Gasteiger partial charge on any atom is -0.490 e. The highest BCUT2D eigenvalue weighted by molar-refractivity contribution is 6.31. The van der Waals surface area contributed by atoms with Gasteiger partial charge in [-0.25, -0.2) is 0 Å². The van der Waals surface area contributed by atoms with Crippen molar-refractivity contribution in [3.63, 3.8) is 0 Å². The zero-order valence-electron chi connectivity index (χ0n) is 10.7. The molecule has 1 aliphatic heterocycles. The van der Waals surface area contributed by atoms with Crippen LogP contribution in [0.3, 0.4) is 0 Å². The van der Waals surface area contributed by atoms with Gasteiger partial charge in [-0.3, -0.25) is 0 Å². The molecule has 1 aliphatic rings. The van der Waals surface area contributed by atoms with Gasteiger partial charge in [0, 0.05) is 30.0 Å². The number of nitrogens with two attached hydrogens (primary N) is 1. The Labute approximate surface area is 119 Å². The average Bonchev–Trinajstić information content (AvgIpc) is 2.58. The van der Waals surface area contributed by atoms with E-state index >= 15 is 0 Å². The SMILES string of the molecule is NC(CCC(F)(F)F)c1cc2c(cc1Cl)OCCCO2. The molecule has 0 fully saturated rings. The predicted molar refractivity (Wildman–Crippen MR) is 69.3 cm³/mol. The number of hydrogen-bond acceptors (Lipinski definition) is 3. The van der Waals surface area contributed by atoms with E-state index in [0.717, 1.165) is 6.42 Å². The monoisotopic (exact) mass is 309 g/mol. The van der Waals surface area contributed by atoms with Crippen LogP contribution >= 0.6 is 11.6 Å². The van der Waals surface area contributed by atoms with Crippen LogP contribution in [0.2, 0.25) is 5.02 Å². The maximum absolute atomic E-state index is 12.2. The standard InChI is InChI=1S/C13H15ClF3NO2/c14-9-7-12-11(19-4-1-5-20-12)6-8(9)10(18)2-3-13(15,16)17/h6-7,10H,1-5,18H2. The first-order valence-electron chi connectivity index (χ1n) is 6.28. The fraction of sp³-hybridized carbons (Fsp3) is 0.538. The third-order valence-electron chi connectivity index (χ3n) is 3.01. The van der Waals surface area contributed by atoms with Crippen LogP contribution in [0.15, 0.2) is 12.1 Å². The molecular weight excluding hydrogens is 295 g/mol. The van der Waals surface area contributed by atoms with E-state index in [-0.39, 0.29) is 6.42 Å². The molecule has 0 spiro atoms. The molecule has 0 saturated heterocycles. The molecule has 0 bridgehead atoms. The Morgan fingerprint density at radius 2 is 1.80 bits per heavy atom. The minimum absolute atomic E-state index is 0.219. The van der Waals surface area contributed by atoms with E-state index in [1.165, 1.54) is 0 Å². The number of fused-ring (bicyclic) bond motifs is 1. The van der Waals surface area contributed by atoms with E-state index in [4.69, 9.17) is 26.8 Å². The Morgan fingerprint density at radius 3 is 2.40 bits per heavy atom. The summed E-state index contributed by atoms with van der Waals surface area (Å²) >= 11 is 6.06. The molecule has 112 valence electrons. The summed E-state index contributed by atoms with van der Waals surface area (Å²) in [6, 6.07) is 2.33. The zero-order valence-corrected chi connectivity index (χ0v) is 11.4. The van der Waals surface area contributed by atoms with Gasteiger partial charge < -0.3 is 15.2 Å². The van der Waals surface area contributed by atoms with Crippen molar-refractivity contribution < 1.29 is 22.6 Å². The fourth-order valence-electron chi connectivity index (χ4n) is 1.96. The molecule has 1 aromatic carbocycles. The first-order chi connectivity index (χ1) is 9.37. The van der Waals surface area contributed by atoms with Crippen LogP contribution in [0.5, 0.6) is 11.5 Å². The Hall–Kier alpha value is -1.14. The van der Waals surface area contributed by atoms with Crippen molar-refractivity contribution in [1.82, 2.24) is 0 Å². The molecule has 3 nitrogen and oxygen atoms in total. The van der Waals surface area contributed by atoms with E-state index in [1.54, 1.807) is 12.1 Å². The number of ether oxygens (including phenoxy) is 2. The van der Waals surface area contributed by atoms with Gasteiger partial charge in [0.05, 0.1) is 13.2 Å². The normalized spacial score (nSPS) is 16.6. The van der Waals surface area contributed by atoms with Crippen molar-refractivity contribution >= 4 is 11.6 Å². The Balaban J connectivity index is 2.17. The lowest BCUT2D eigenvalue weighted by molar-refractivity contribution is -0.136. The first kappa shape index (κ1) is 15.3. The smallest absolute Gasteiger partial charge is 0.389 e. The second-order valence-electron chi connectivity index (χ2n) is 4.63. The molecule has 0 saturated carbocycles. The third kappa shape index (κ3) is 3.93. The van der Waals surface area contributed by atoms with E-state index < -0.39 is 18.6 Å². The summed E-state index contributed by atoms with van der Waals surface area (Å²) in [6.45, 7) is 1.01. The van der Waals surface area contributed by atoms with Gasteiger partial charge >= 0.3 is 6.18 Å². The molecule has 0 amide bonds. The molecule has 0 aliphatic carbocycles. The van der Waals surface area contributed by atoms with Crippen molar-refractivity contribution in [1.29, 1.82) is 0 Å². The Kier molecular flexibility index (Phi) is 4.65. The van der Waals surface area contributed by atoms with Crippen molar-refractivity contribution in [3.8, 4) is 11.5 Å². The third-order valence-corrected chi connectivity index (χ3v) is 3.33. The summed E-state index contributed by atoms with van der Waals surface area (Å²) in [7, 11) is 0. The molecule has 2 rings (SSSR count). The molecule has 1 atom stereocenters. The maximum atomic E-state index is 12.2. The van der Waals surface area contributed by atoms with Gasteiger partial charge in [-0.1, -0.05) is 11.6 Å². The predicted octanol–water partition coefficient (Wildman–Crippen LogP) is 3.84. The number of benzene rings is 1. The number of halogens is 4. The summed E-state index contributed by atoms with van der Waals surface area (Å²) in [5.74, 6) is 0.976. The van der Waals surface area contributed by atoms with Crippen LogP contribution in [-0.2, 0) is 0 Å². The molecule has 2 N–H and O–H groups in total. The molecule has 20 heavy (non-hydrogen) atoms. The minimum atomic E-state index is -4.23. The number of alkyl halides is 3. The van der Waals surface area contributed by atoms with Gasteiger partial charge in [-0.15, -0.1) is 0 Å². The van der Waals surface area contributed by atoms with E-state index in [9.17, 15) is 13.2 Å². The van der Waals surface area contributed by atoms with Crippen molar-refractivity contribution in [2.24, 2.45) is 5.73 Å². The lowest BCUT2D eigenvalue weighted by Crippen LogP contribution is -2.16. The van der Waals surface area contributed by atoms with Crippen LogP contribution in [0, 0.1) is 0 Å². The van der Waals surface area contributed by atoms with Crippen LogP contribution in [0.1, 0.15) is 30.9 Å². The van der Waals surface area contributed by atoms with Gasteiger partial charge in [-0.05, 0) is 18.1 Å². The van der Waals surface area contributed by atoms with Gasteiger partial charge in [0.2, 0.25) is 0 Å². The summed E-state index contributed by atoms with van der Waals surface area (Å²) in [4.78, 5) is 0. The summed E-state index contributed by atoms with van der Waals surface area (Å²) in [5, 5.41) is 0.295.